The first-order valence-corrected chi connectivity index (χ1v) is 20.1. The van der Waals surface area contributed by atoms with E-state index in [0.29, 0.717) is 0 Å². The van der Waals surface area contributed by atoms with E-state index in [-0.39, 0.29) is 33.0 Å². The highest BCUT2D eigenvalue weighted by molar-refractivity contribution is 5.72. The minimum atomic E-state index is -1.59. The fraction of sp³-hybridized carbons (Fsp3) is 0.435. The normalized spacial score (nSPS) is 26.6. The van der Waals surface area contributed by atoms with E-state index in [4.69, 9.17) is 42.6 Å². The minimum absolute atomic E-state index is 0.0560. The fourth-order valence-corrected chi connectivity index (χ4v) is 6.94. The molecule has 0 saturated carbocycles. The molecular formula is C46H55NO13. The number of rotatable bonds is 19. The Balaban J connectivity index is 1.27. The Morgan fingerprint density at radius 2 is 1.08 bits per heavy atom. The SMILES string of the molecule is CO[C@H]1O[C@H](CO[C@@H]2O[C@H](CO)[C@@H](OC(=O)C(C)C)[C@H](O)[C@H]2NC(=O)OCc2ccccc2)[C@@H](OCc2ccccc2)[C@H](OCc2ccccc2)[C@H]1OCc1ccccc1. The third-order valence-corrected chi connectivity index (χ3v) is 10.2. The second-order valence-electron chi connectivity index (χ2n) is 14.9. The van der Waals surface area contributed by atoms with Crippen molar-refractivity contribution in [3.63, 3.8) is 0 Å². The first-order valence-electron chi connectivity index (χ1n) is 20.1. The Bertz CT molecular complexity index is 1860. The smallest absolute Gasteiger partial charge is 0.407 e. The molecule has 2 aliphatic heterocycles. The Morgan fingerprint density at radius 3 is 1.57 bits per heavy atom. The quantitative estimate of drug-likeness (QED) is 0.107. The van der Waals surface area contributed by atoms with Crippen LogP contribution in [0.3, 0.4) is 0 Å². The fourth-order valence-electron chi connectivity index (χ4n) is 6.94. The van der Waals surface area contributed by atoms with E-state index in [1.165, 1.54) is 7.11 Å². The van der Waals surface area contributed by atoms with Gasteiger partial charge in [-0.2, -0.15) is 0 Å². The van der Waals surface area contributed by atoms with Gasteiger partial charge in [-0.1, -0.05) is 135 Å². The maximum Gasteiger partial charge on any atom is 0.407 e. The predicted molar refractivity (Wildman–Crippen MR) is 217 cm³/mol. The zero-order valence-electron chi connectivity index (χ0n) is 34.0. The number of aliphatic hydroxyl groups excluding tert-OH is 2. The van der Waals surface area contributed by atoms with Gasteiger partial charge in [-0.3, -0.25) is 4.79 Å². The Morgan fingerprint density at radius 1 is 0.617 bits per heavy atom. The minimum Gasteiger partial charge on any atom is -0.456 e. The lowest BCUT2D eigenvalue weighted by Crippen LogP contribution is -2.66. The van der Waals surface area contributed by atoms with Crippen LogP contribution in [0.4, 0.5) is 4.79 Å². The Labute approximate surface area is 350 Å². The number of esters is 1. The number of benzene rings is 4. The largest absolute Gasteiger partial charge is 0.456 e. The molecule has 0 aliphatic carbocycles. The molecule has 4 aromatic rings. The number of aliphatic hydroxyl groups is 2. The van der Waals surface area contributed by atoms with Crippen LogP contribution in [0.1, 0.15) is 36.1 Å². The highest BCUT2D eigenvalue weighted by atomic mass is 16.7. The first kappa shape index (κ1) is 44.8. The summed E-state index contributed by atoms with van der Waals surface area (Å²) in [4.78, 5) is 26.0. The molecule has 0 bridgehead atoms. The third kappa shape index (κ3) is 12.4. The van der Waals surface area contributed by atoms with Crippen molar-refractivity contribution in [3.05, 3.63) is 144 Å². The Hall–Kier alpha value is -4.74. The van der Waals surface area contributed by atoms with Crippen molar-refractivity contribution < 1.29 is 62.4 Å². The van der Waals surface area contributed by atoms with Crippen LogP contribution in [-0.2, 0) is 73.9 Å². The summed E-state index contributed by atoms with van der Waals surface area (Å²) in [6, 6.07) is 36.8. The van der Waals surface area contributed by atoms with E-state index >= 15 is 0 Å². The van der Waals surface area contributed by atoms with Gasteiger partial charge in [0.2, 0.25) is 0 Å². The lowest BCUT2D eigenvalue weighted by Gasteiger charge is -2.47. The summed E-state index contributed by atoms with van der Waals surface area (Å²) >= 11 is 0. The molecule has 0 radical (unpaired) electrons. The summed E-state index contributed by atoms with van der Waals surface area (Å²) in [7, 11) is 1.51. The molecule has 4 aromatic carbocycles. The van der Waals surface area contributed by atoms with E-state index in [9.17, 15) is 19.8 Å². The zero-order chi connectivity index (χ0) is 42.3. The van der Waals surface area contributed by atoms with Crippen LogP contribution in [0.2, 0.25) is 0 Å². The van der Waals surface area contributed by atoms with Crippen LogP contribution in [0.15, 0.2) is 121 Å². The molecule has 0 unspecified atom stereocenters. The van der Waals surface area contributed by atoms with Crippen molar-refractivity contribution in [2.45, 2.75) is 102 Å². The average molecular weight is 830 g/mol. The van der Waals surface area contributed by atoms with E-state index in [1.807, 2.05) is 109 Å². The molecule has 6 rings (SSSR count). The van der Waals surface area contributed by atoms with E-state index in [1.54, 1.807) is 26.0 Å². The molecule has 14 heteroatoms. The highest BCUT2D eigenvalue weighted by Crippen LogP contribution is 2.33. The van der Waals surface area contributed by atoms with Gasteiger partial charge in [0.1, 0.15) is 49.3 Å². The summed E-state index contributed by atoms with van der Waals surface area (Å²) in [5, 5.41) is 24.8. The maximum atomic E-state index is 13.3. The summed E-state index contributed by atoms with van der Waals surface area (Å²) in [6.45, 7) is 2.98. The number of methoxy groups -OCH3 is 1. The molecular weight excluding hydrogens is 774 g/mol. The van der Waals surface area contributed by atoms with Crippen LogP contribution in [-0.4, -0.2) is 104 Å². The molecule has 1 amide bonds. The number of alkyl carbamates (subject to hydrolysis) is 1. The number of nitrogens with one attached hydrogen (secondary N) is 1. The zero-order valence-corrected chi connectivity index (χ0v) is 34.0. The maximum absolute atomic E-state index is 13.3. The molecule has 14 nitrogen and oxygen atoms in total. The number of hydrogen-bond acceptors (Lipinski definition) is 13. The topological polar surface area (TPSA) is 170 Å². The van der Waals surface area contributed by atoms with Crippen molar-refractivity contribution >= 4 is 12.1 Å². The molecule has 2 saturated heterocycles. The highest BCUT2D eigenvalue weighted by Gasteiger charge is 2.52. The molecule has 3 N–H and O–H groups in total. The molecule has 10 atom stereocenters. The van der Waals surface area contributed by atoms with E-state index in [2.05, 4.69) is 5.32 Å². The molecule has 2 fully saturated rings. The van der Waals surface area contributed by atoms with Crippen LogP contribution >= 0.6 is 0 Å². The summed E-state index contributed by atoms with van der Waals surface area (Å²) < 4.78 is 56.0. The molecule has 2 heterocycles. The monoisotopic (exact) mass is 829 g/mol. The van der Waals surface area contributed by atoms with Gasteiger partial charge in [-0.25, -0.2) is 4.79 Å². The molecule has 2 aliphatic rings. The summed E-state index contributed by atoms with van der Waals surface area (Å²) in [6.07, 6.45) is -10.7. The van der Waals surface area contributed by atoms with Crippen LogP contribution in [0.25, 0.3) is 0 Å². The molecule has 322 valence electrons. The number of carbonyl (C=O) groups is 2. The van der Waals surface area contributed by atoms with Crippen LogP contribution in [0.5, 0.6) is 0 Å². The van der Waals surface area contributed by atoms with Gasteiger partial charge in [-0.15, -0.1) is 0 Å². The van der Waals surface area contributed by atoms with Gasteiger partial charge in [0.05, 0.1) is 39.0 Å². The Kier molecular flexibility index (Phi) is 17.0. The number of amides is 1. The number of carbonyl (C=O) groups excluding carboxylic acids is 2. The first-order chi connectivity index (χ1) is 29.2. The van der Waals surface area contributed by atoms with Crippen molar-refractivity contribution in [2.24, 2.45) is 5.92 Å². The number of hydrogen-bond donors (Lipinski definition) is 3. The summed E-state index contributed by atoms with van der Waals surface area (Å²) in [5.41, 5.74) is 3.50. The lowest BCUT2D eigenvalue weighted by molar-refractivity contribution is -0.334. The average Bonchev–Trinajstić information content (AvgIpc) is 3.28. The van der Waals surface area contributed by atoms with Gasteiger partial charge in [0.15, 0.2) is 18.7 Å². The molecule has 0 spiro atoms. The van der Waals surface area contributed by atoms with E-state index in [0.717, 1.165) is 22.3 Å². The second-order valence-corrected chi connectivity index (χ2v) is 14.9. The van der Waals surface area contributed by atoms with Gasteiger partial charge in [0.25, 0.3) is 0 Å². The van der Waals surface area contributed by atoms with Crippen molar-refractivity contribution in [1.82, 2.24) is 5.32 Å². The van der Waals surface area contributed by atoms with Crippen LogP contribution in [0, 0.1) is 5.92 Å². The molecule has 60 heavy (non-hydrogen) atoms. The van der Waals surface area contributed by atoms with Crippen molar-refractivity contribution in [1.29, 1.82) is 0 Å². The van der Waals surface area contributed by atoms with Crippen molar-refractivity contribution in [3.8, 4) is 0 Å². The lowest BCUT2D eigenvalue weighted by atomic mass is 9.96. The third-order valence-electron chi connectivity index (χ3n) is 10.2. The van der Waals surface area contributed by atoms with E-state index < -0.39 is 85.9 Å². The predicted octanol–water partition coefficient (Wildman–Crippen LogP) is 5.07. The molecule has 0 aromatic heterocycles. The van der Waals surface area contributed by atoms with Gasteiger partial charge >= 0.3 is 12.1 Å². The second kappa shape index (κ2) is 22.7. The van der Waals surface area contributed by atoms with Crippen molar-refractivity contribution in [2.75, 3.05) is 20.3 Å². The number of ether oxygens (including phenoxy) is 9. The summed E-state index contributed by atoms with van der Waals surface area (Å²) in [5.74, 6) is -1.17. The van der Waals surface area contributed by atoms with Gasteiger partial charge < -0.3 is 58.2 Å². The standard InChI is InChI=1S/C46H55NO13/c1-30(2)43(50)60-39-35(24-48)58-44(37(38(39)49)47-46(51)57-28-34-22-14-7-15-23-34)56-29-36-40(53-25-31-16-8-4-9-17-31)41(54-26-32-18-10-5-11-19-32)42(45(52-3)59-36)55-27-33-20-12-6-13-21-33/h4-23,30,35-42,44-45,48-49H,24-29H2,1-3H3,(H,47,51)/t35-,36-,37-,38-,39-,40-,41+,42-,44-,45+/m1/s1. The van der Waals surface area contributed by atoms with Gasteiger partial charge in [0, 0.05) is 7.11 Å². The van der Waals surface area contributed by atoms with Gasteiger partial charge in [-0.05, 0) is 22.3 Å². The van der Waals surface area contributed by atoms with Crippen LogP contribution < -0.4 is 5.32 Å².